The van der Waals surface area contributed by atoms with Gasteiger partial charge < -0.3 is 9.80 Å². The lowest BCUT2D eigenvalue weighted by Gasteiger charge is -2.13. The number of hydrogen-bond acceptors (Lipinski definition) is 1. The molecule has 3 nitrogen and oxygen atoms in total. The van der Waals surface area contributed by atoms with Crippen molar-refractivity contribution in [1.29, 1.82) is 0 Å². The third-order valence-corrected chi connectivity index (χ3v) is 2.02. The Bertz CT molecular complexity index is 207. The average Bonchev–Trinajstić information content (AvgIpc) is 2.30. The van der Waals surface area contributed by atoms with Gasteiger partial charge in [0.25, 0.3) is 0 Å². The summed E-state index contributed by atoms with van der Waals surface area (Å²) in [7, 11) is 1.84. The largest absolute Gasteiger partial charge is 0.326 e. The molecule has 1 fully saturated rings. The van der Waals surface area contributed by atoms with Crippen LogP contribution in [-0.2, 0) is 0 Å². The van der Waals surface area contributed by atoms with Crippen LogP contribution in [0.5, 0.6) is 0 Å². The average molecular weight is 168 g/mol. The predicted molar refractivity (Wildman–Crippen MR) is 49.0 cm³/mol. The van der Waals surface area contributed by atoms with E-state index in [1.54, 1.807) is 4.90 Å². The molecule has 68 valence electrons. The van der Waals surface area contributed by atoms with Crippen LogP contribution < -0.4 is 0 Å². The molecule has 3 heteroatoms. The molecule has 2 amide bonds. The minimum atomic E-state index is 0.146. The van der Waals surface area contributed by atoms with Crippen LogP contribution in [0.3, 0.4) is 0 Å². The lowest BCUT2D eigenvalue weighted by atomic mass is 10.3. The molecule has 12 heavy (non-hydrogen) atoms. The SMILES string of the molecule is CC(C)=CCN1CCN(C)C1=O. The smallest absolute Gasteiger partial charge is 0.320 e. The standard InChI is InChI=1S/C9H16N2O/c1-8(2)4-5-11-7-6-10(3)9(11)12/h4H,5-7H2,1-3H3. The number of amides is 2. The molecular weight excluding hydrogens is 152 g/mol. The maximum Gasteiger partial charge on any atom is 0.320 e. The summed E-state index contributed by atoms with van der Waals surface area (Å²) in [5.74, 6) is 0. The summed E-state index contributed by atoms with van der Waals surface area (Å²) in [6, 6.07) is 0.146. The maximum absolute atomic E-state index is 11.3. The Kier molecular flexibility index (Phi) is 2.74. The molecule has 0 aromatic rings. The zero-order valence-electron chi connectivity index (χ0n) is 8.00. The van der Waals surface area contributed by atoms with Gasteiger partial charge in [-0.05, 0) is 13.8 Å². The van der Waals surface area contributed by atoms with E-state index in [-0.39, 0.29) is 6.03 Å². The maximum atomic E-state index is 11.3. The molecule has 0 aliphatic carbocycles. The van der Waals surface area contributed by atoms with Gasteiger partial charge in [-0.2, -0.15) is 0 Å². The molecular formula is C9H16N2O. The van der Waals surface area contributed by atoms with E-state index in [9.17, 15) is 4.79 Å². The van der Waals surface area contributed by atoms with Gasteiger partial charge in [0.15, 0.2) is 0 Å². The van der Waals surface area contributed by atoms with E-state index in [1.165, 1.54) is 5.57 Å². The molecule has 1 heterocycles. The van der Waals surface area contributed by atoms with Crippen molar-refractivity contribution < 1.29 is 4.79 Å². The van der Waals surface area contributed by atoms with Crippen molar-refractivity contribution in [1.82, 2.24) is 9.80 Å². The summed E-state index contributed by atoms with van der Waals surface area (Å²) in [5, 5.41) is 0. The summed E-state index contributed by atoms with van der Waals surface area (Å²) in [4.78, 5) is 14.9. The van der Waals surface area contributed by atoms with Gasteiger partial charge in [-0.1, -0.05) is 11.6 Å². The fraction of sp³-hybridized carbons (Fsp3) is 0.667. The quantitative estimate of drug-likeness (QED) is 0.570. The number of allylic oxidation sites excluding steroid dienone is 1. The highest BCUT2D eigenvalue weighted by Crippen LogP contribution is 2.05. The molecule has 0 N–H and O–H groups in total. The number of urea groups is 1. The summed E-state index contributed by atoms with van der Waals surface area (Å²) in [5.41, 5.74) is 1.26. The van der Waals surface area contributed by atoms with Gasteiger partial charge in [0.1, 0.15) is 0 Å². The molecule has 0 bridgehead atoms. The van der Waals surface area contributed by atoms with E-state index < -0.39 is 0 Å². The van der Waals surface area contributed by atoms with Crippen molar-refractivity contribution in [3.05, 3.63) is 11.6 Å². The van der Waals surface area contributed by atoms with E-state index in [4.69, 9.17) is 0 Å². The fourth-order valence-corrected chi connectivity index (χ4v) is 1.17. The van der Waals surface area contributed by atoms with Crippen molar-refractivity contribution in [2.24, 2.45) is 0 Å². The van der Waals surface area contributed by atoms with Crippen LogP contribution in [0.25, 0.3) is 0 Å². The van der Waals surface area contributed by atoms with Crippen LogP contribution in [0.4, 0.5) is 4.79 Å². The highest BCUT2D eigenvalue weighted by Gasteiger charge is 2.23. The van der Waals surface area contributed by atoms with Crippen LogP contribution in [0.2, 0.25) is 0 Å². The molecule has 0 atom stereocenters. The second kappa shape index (κ2) is 3.61. The molecule has 0 saturated carbocycles. The molecule has 1 aliphatic rings. The third-order valence-electron chi connectivity index (χ3n) is 2.02. The van der Waals surface area contributed by atoms with Crippen LogP contribution in [0.15, 0.2) is 11.6 Å². The van der Waals surface area contributed by atoms with Crippen molar-refractivity contribution in [3.63, 3.8) is 0 Å². The highest BCUT2D eigenvalue weighted by atomic mass is 16.2. The summed E-state index contributed by atoms with van der Waals surface area (Å²) in [6.45, 7) is 6.56. The summed E-state index contributed by atoms with van der Waals surface area (Å²) >= 11 is 0. The van der Waals surface area contributed by atoms with Gasteiger partial charge in [0, 0.05) is 26.7 Å². The van der Waals surface area contributed by atoms with E-state index in [2.05, 4.69) is 6.08 Å². The Morgan fingerprint density at radius 1 is 1.50 bits per heavy atom. The normalized spacial score (nSPS) is 17.1. The Hall–Kier alpha value is -0.990. The fourth-order valence-electron chi connectivity index (χ4n) is 1.17. The minimum Gasteiger partial charge on any atom is -0.326 e. The number of hydrogen-bond donors (Lipinski definition) is 0. The zero-order valence-corrected chi connectivity index (χ0v) is 8.00. The number of nitrogens with zero attached hydrogens (tertiary/aromatic N) is 2. The van der Waals surface area contributed by atoms with Gasteiger partial charge in [0.05, 0.1) is 0 Å². The first-order chi connectivity index (χ1) is 5.61. The molecule has 1 rings (SSSR count). The highest BCUT2D eigenvalue weighted by molar-refractivity contribution is 5.76. The Morgan fingerprint density at radius 3 is 2.58 bits per heavy atom. The summed E-state index contributed by atoms with van der Waals surface area (Å²) in [6.07, 6.45) is 2.08. The minimum absolute atomic E-state index is 0.146. The van der Waals surface area contributed by atoms with Crippen LogP contribution in [-0.4, -0.2) is 42.5 Å². The third kappa shape index (κ3) is 2.00. The van der Waals surface area contributed by atoms with Gasteiger partial charge in [-0.3, -0.25) is 0 Å². The molecule has 0 radical (unpaired) electrons. The zero-order chi connectivity index (χ0) is 9.14. The van der Waals surface area contributed by atoms with Crippen LogP contribution in [0, 0.1) is 0 Å². The number of carbonyl (C=O) groups is 1. The summed E-state index contributed by atoms with van der Waals surface area (Å²) < 4.78 is 0. The lowest BCUT2D eigenvalue weighted by molar-refractivity contribution is 0.202. The van der Waals surface area contributed by atoms with E-state index >= 15 is 0 Å². The number of likely N-dealkylation sites (N-methyl/N-ethyl adjacent to an activating group) is 1. The number of carbonyl (C=O) groups excluding carboxylic acids is 1. The van der Waals surface area contributed by atoms with Gasteiger partial charge >= 0.3 is 6.03 Å². The van der Waals surface area contributed by atoms with E-state index in [0.29, 0.717) is 0 Å². The van der Waals surface area contributed by atoms with Crippen molar-refractivity contribution in [2.45, 2.75) is 13.8 Å². The Morgan fingerprint density at radius 2 is 2.17 bits per heavy atom. The van der Waals surface area contributed by atoms with Crippen molar-refractivity contribution in [3.8, 4) is 0 Å². The topological polar surface area (TPSA) is 23.6 Å². The molecule has 1 aliphatic heterocycles. The van der Waals surface area contributed by atoms with Gasteiger partial charge in [0.2, 0.25) is 0 Å². The molecule has 0 unspecified atom stereocenters. The first-order valence-electron chi connectivity index (χ1n) is 4.24. The van der Waals surface area contributed by atoms with Gasteiger partial charge in [-0.25, -0.2) is 4.79 Å². The van der Waals surface area contributed by atoms with E-state index in [0.717, 1.165) is 19.6 Å². The van der Waals surface area contributed by atoms with Crippen molar-refractivity contribution >= 4 is 6.03 Å². The van der Waals surface area contributed by atoms with E-state index in [1.807, 2.05) is 25.8 Å². The first-order valence-corrected chi connectivity index (χ1v) is 4.24. The van der Waals surface area contributed by atoms with Crippen molar-refractivity contribution in [2.75, 3.05) is 26.7 Å². The number of rotatable bonds is 2. The lowest BCUT2D eigenvalue weighted by Crippen LogP contribution is -2.29. The second-order valence-corrected chi connectivity index (χ2v) is 3.43. The Balaban J connectivity index is 2.45. The molecule has 1 saturated heterocycles. The van der Waals surface area contributed by atoms with Crippen LogP contribution in [0.1, 0.15) is 13.8 Å². The predicted octanol–water partition coefficient (Wildman–Crippen LogP) is 1.32. The Labute approximate surface area is 73.6 Å². The first kappa shape index (κ1) is 9.10. The van der Waals surface area contributed by atoms with Gasteiger partial charge in [-0.15, -0.1) is 0 Å². The monoisotopic (exact) mass is 168 g/mol. The molecule has 0 aromatic carbocycles. The molecule has 0 spiro atoms. The second-order valence-electron chi connectivity index (χ2n) is 3.43. The van der Waals surface area contributed by atoms with Crippen LogP contribution >= 0.6 is 0 Å². The molecule has 0 aromatic heterocycles.